The lowest BCUT2D eigenvalue weighted by atomic mass is 10.00. The number of furan rings is 1. The Morgan fingerprint density at radius 1 is 1.32 bits per heavy atom. The highest BCUT2D eigenvalue weighted by molar-refractivity contribution is 5.93. The van der Waals surface area contributed by atoms with E-state index in [-0.39, 0.29) is 18.1 Å². The van der Waals surface area contributed by atoms with E-state index in [1.807, 2.05) is 6.07 Å². The van der Waals surface area contributed by atoms with Crippen LogP contribution in [-0.4, -0.2) is 34.9 Å². The number of aromatic nitrogens is 2. The lowest BCUT2D eigenvalue weighted by Crippen LogP contribution is -2.44. The first kappa shape index (κ1) is 13.6. The molecule has 1 aliphatic carbocycles. The summed E-state index contributed by atoms with van der Waals surface area (Å²) in [5.74, 6) is 1.17. The average Bonchev–Trinajstić information content (AvgIpc) is 3.17. The molecule has 6 nitrogen and oxygen atoms in total. The van der Waals surface area contributed by atoms with Gasteiger partial charge in [-0.3, -0.25) is 9.89 Å². The SMILES string of the molecule is O=C(NC1CCC2CCC1OC2)c1cc(-c2ccco2)[nH]n1. The first-order valence-corrected chi connectivity index (χ1v) is 7.81. The van der Waals surface area contributed by atoms with Gasteiger partial charge < -0.3 is 14.5 Å². The Bertz CT molecular complexity index is 641. The molecule has 3 unspecified atom stereocenters. The van der Waals surface area contributed by atoms with Gasteiger partial charge in [0.1, 0.15) is 5.69 Å². The van der Waals surface area contributed by atoms with Crippen LogP contribution in [0.1, 0.15) is 36.2 Å². The van der Waals surface area contributed by atoms with Crippen molar-refractivity contribution in [2.45, 2.75) is 37.8 Å². The average molecular weight is 301 g/mol. The van der Waals surface area contributed by atoms with Crippen LogP contribution in [0.15, 0.2) is 28.9 Å². The maximum absolute atomic E-state index is 12.4. The van der Waals surface area contributed by atoms with Crippen molar-refractivity contribution in [1.82, 2.24) is 15.5 Å². The monoisotopic (exact) mass is 301 g/mol. The van der Waals surface area contributed by atoms with E-state index >= 15 is 0 Å². The smallest absolute Gasteiger partial charge is 0.272 e. The number of ether oxygens (including phenoxy) is 1. The summed E-state index contributed by atoms with van der Waals surface area (Å²) in [5, 5.41) is 10.0. The van der Waals surface area contributed by atoms with Crippen LogP contribution in [0.4, 0.5) is 0 Å². The molecule has 0 spiro atoms. The molecule has 1 saturated carbocycles. The molecule has 2 aromatic heterocycles. The number of hydrogen-bond donors (Lipinski definition) is 2. The Balaban J connectivity index is 1.46. The third-order valence-corrected chi connectivity index (χ3v) is 4.65. The van der Waals surface area contributed by atoms with E-state index in [9.17, 15) is 4.79 Å². The van der Waals surface area contributed by atoms with Gasteiger partial charge in [0.2, 0.25) is 0 Å². The minimum atomic E-state index is -0.159. The van der Waals surface area contributed by atoms with E-state index in [2.05, 4.69) is 15.5 Å². The Morgan fingerprint density at radius 2 is 2.23 bits per heavy atom. The van der Waals surface area contributed by atoms with Gasteiger partial charge in [-0.1, -0.05) is 0 Å². The largest absolute Gasteiger partial charge is 0.463 e. The molecular formula is C16H19N3O3. The van der Waals surface area contributed by atoms with Crippen molar-refractivity contribution < 1.29 is 13.9 Å². The van der Waals surface area contributed by atoms with Gasteiger partial charge in [0.05, 0.1) is 18.4 Å². The van der Waals surface area contributed by atoms with E-state index in [1.54, 1.807) is 18.4 Å². The van der Waals surface area contributed by atoms with Gasteiger partial charge in [-0.25, -0.2) is 0 Å². The van der Waals surface area contributed by atoms with Crippen molar-refractivity contribution in [3.63, 3.8) is 0 Å². The zero-order valence-corrected chi connectivity index (χ0v) is 12.2. The van der Waals surface area contributed by atoms with Crippen LogP contribution in [0.3, 0.4) is 0 Å². The Hall–Kier alpha value is -2.08. The fourth-order valence-corrected chi connectivity index (χ4v) is 3.38. The van der Waals surface area contributed by atoms with Crippen LogP contribution in [-0.2, 0) is 4.74 Å². The maximum Gasteiger partial charge on any atom is 0.272 e. The molecule has 116 valence electrons. The standard InChI is InChI=1S/C16H19N3O3/c20-16(13-8-12(18-19-13)14-2-1-7-21-14)17-11-5-3-10-4-6-15(11)22-9-10/h1-2,7-8,10-11,15H,3-6,9H2,(H,17,20)(H,18,19). The maximum atomic E-state index is 12.4. The topological polar surface area (TPSA) is 80.1 Å². The van der Waals surface area contributed by atoms with E-state index in [0.717, 1.165) is 25.9 Å². The fourth-order valence-electron chi connectivity index (χ4n) is 3.38. The van der Waals surface area contributed by atoms with E-state index in [0.29, 0.717) is 23.1 Å². The summed E-state index contributed by atoms with van der Waals surface area (Å²) >= 11 is 0. The molecule has 6 heteroatoms. The first-order valence-electron chi connectivity index (χ1n) is 7.81. The highest BCUT2D eigenvalue weighted by Crippen LogP contribution is 2.31. The Labute approximate surface area is 128 Å². The van der Waals surface area contributed by atoms with Crippen molar-refractivity contribution in [2.24, 2.45) is 5.92 Å². The molecule has 0 aromatic carbocycles. The lowest BCUT2D eigenvalue weighted by molar-refractivity contribution is -0.0143. The van der Waals surface area contributed by atoms with Crippen molar-refractivity contribution in [1.29, 1.82) is 0 Å². The van der Waals surface area contributed by atoms with Gasteiger partial charge in [0.15, 0.2) is 11.5 Å². The van der Waals surface area contributed by atoms with Gasteiger partial charge in [-0.15, -0.1) is 0 Å². The first-order chi connectivity index (χ1) is 10.8. The third kappa shape index (κ3) is 2.54. The number of aromatic amines is 1. The van der Waals surface area contributed by atoms with E-state index in [4.69, 9.17) is 9.15 Å². The number of nitrogens with one attached hydrogen (secondary N) is 2. The van der Waals surface area contributed by atoms with Crippen LogP contribution in [0, 0.1) is 5.92 Å². The zero-order chi connectivity index (χ0) is 14.9. The van der Waals surface area contributed by atoms with Crippen LogP contribution >= 0.6 is 0 Å². The van der Waals surface area contributed by atoms with Crippen molar-refractivity contribution in [3.8, 4) is 11.5 Å². The number of amides is 1. The summed E-state index contributed by atoms with van der Waals surface area (Å²) in [6, 6.07) is 5.43. The number of fused-ring (bicyclic) bond motifs is 4. The predicted molar refractivity (Wildman–Crippen MR) is 79.2 cm³/mol. The second kappa shape index (κ2) is 5.61. The highest BCUT2D eigenvalue weighted by Gasteiger charge is 2.34. The van der Waals surface area contributed by atoms with Crippen molar-refractivity contribution in [2.75, 3.05) is 6.61 Å². The number of hydrogen-bond acceptors (Lipinski definition) is 4. The Morgan fingerprint density at radius 3 is 3.00 bits per heavy atom. The van der Waals surface area contributed by atoms with E-state index < -0.39 is 0 Å². The van der Waals surface area contributed by atoms with Crippen molar-refractivity contribution in [3.05, 3.63) is 30.2 Å². The molecule has 2 aromatic rings. The number of carbonyl (C=O) groups excluding carboxylic acids is 1. The summed E-state index contributed by atoms with van der Waals surface area (Å²) in [5.41, 5.74) is 1.08. The molecule has 5 rings (SSSR count). The number of H-pyrrole nitrogens is 1. The van der Waals surface area contributed by atoms with Gasteiger partial charge in [-0.05, 0) is 43.7 Å². The molecule has 0 radical (unpaired) electrons. The second-order valence-electron chi connectivity index (χ2n) is 6.12. The molecule has 2 N–H and O–H groups in total. The molecule has 2 saturated heterocycles. The minimum absolute atomic E-state index is 0.0868. The molecular weight excluding hydrogens is 282 g/mol. The summed E-state index contributed by atoms with van der Waals surface area (Å²) in [6.07, 6.45) is 6.09. The molecule has 22 heavy (non-hydrogen) atoms. The molecule has 1 amide bonds. The molecule has 3 atom stereocenters. The molecule has 2 bridgehead atoms. The van der Waals surface area contributed by atoms with Gasteiger partial charge in [0.25, 0.3) is 5.91 Å². The van der Waals surface area contributed by atoms with Crippen LogP contribution in [0.5, 0.6) is 0 Å². The number of rotatable bonds is 3. The summed E-state index contributed by atoms with van der Waals surface area (Å²) in [4.78, 5) is 12.4. The molecule has 2 aliphatic heterocycles. The molecule has 3 aliphatic rings. The normalized spacial score (nSPS) is 27.5. The molecule has 4 heterocycles. The van der Waals surface area contributed by atoms with Crippen LogP contribution in [0.25, 0.3) is 11.5 Å². The predicted octanol–water partition coefficient (Wildman–Crippen LogP) is 2.36. The summed E-state index contributed by atoms with van der Waals surface area (Å²) in [7, 11) is 0. The van der Waals surface area contributed by atoms with E-state index in [1.165, 1.54) is 6.42 Å². The number of carbonyl (C=O) groups is 1. The van der Waals surface area contributed by atoms with Gasteiger partial charge in [0, 0.05) is 12.7 Å². The summed E-state index contributed by atoms with van der Waals surface area (Å²) in [6.45, 7) is 0.835. The van der Waals surface area contributed by atoms with Gasteiger partial charge in [-0.2, -0.15) is 5.10 Å². The summed E-state index contributed by atoms with van der Waals surface area (Å²) < 4.78 is 11.2. The fraction of sp³-hybridized carbons (Fsp3) is 0.500. The third-order valence-electron chi connectivity index (χ3n) is 4.65. The highest BCUT2D eigenvalue weighted by atomic mass is 16.5. The minimum Gasteiger partial charge on any atom is -0.463 e. The lowest BCUT2D eigenvalue weighted by Gasteiger charge is -2.28. The number of nitrogens with zero attached hydrogens (tertiary/aromatic N) is 1. The van der Waals surface area contributed by atoms with Crippen molar-refractivity contribution >= 4 is 5.91 Å². The Kier molecular flexibility index (Phi) is 3.46. The second-order valence-corrected chi connectivity index (χ2v) is 6.12. The quantitative estimate of drug-likeness (QED) is 0.912. The van der Waals surface area contributed by atoms with Crippen LogP contribution < -0.4 is 5.32 Å². The van der Waals surface area contributed by atoms with Crippen LogP contribution in [0.2, 0.25) is 0 Å². The zero-order valence-electron chi connectivity index (χ0n) is 12.2. The molecule has 3 fully saturated rings. The van der Waals surface area contributed by atoms with Gasteiger partial charge >= 0.3 is 0 Å².